The van der Waals surface area contributed by atoms with Crippen LogP contribution in [-0.4, -0.2) is 13.1 Å². The topological polar surface area (TPSA) is 12.0 Å². The van der Waals surface area contributed by atoms with E-state index < -0.39 is 0 Å². The molecule has 13 heavy (non-hydrogen) atoms. The van der Waals surface area contributed by atoms with Gasteiger partial charge < -0.3 is 5.32 Å². The fourth-order valence-electron chi connectivity index (χ4n) is 1.98. The minimum Gasteiger partial charge on any atom is -0.316 e. The third-order valence-electron chi connectivity index (χ3n) is 2.71. The van der Waals surface area contributed by atoms with Gasteiger partial charge in [-0.1, -0.05) is 41.5 Å². The fraction of sp³-hybridized carbons (Fsp3) is 1.00. The van der Waals surface area contributed by atoms with Gasteiger partial charge in [0.1, 0.15) is 0 Å². The molecule has 1 N–H and O–H groups in total. The van der Waals surface area contributed by atoms with Crippen LogP contribution in [0.15, 0.2) is 0 Å². The smallest absolute Gasteiger partial charge is 0.00131 e. The summed E-state index contributed by atoms with van der Waals surface area (Å²) >= 11 is 0. The first-order valence-electron chi connectivity index (χ1n) is 5.60. The zero-order valence-electron chi connectivity index (χ0n) is 10.3. The van der Waals surface area contributed by atoms with Gasteiger partial charge in [-0.25, -0.2) is 0 Å². The summed E-state index contributed by atoms with van der Waals surface area (Å²) in [6.07, 6.45) is 1.23. The standard InChI is InChI=1S/C12H27N/c1-7-8-13-9-11(10(2)3)12(4,5)6/h10-11,13H,7-9H2,1-6H3. The number of rotatable bonds is 5. The van der Waals surface area contributed by atoms with E-state index in [1.165, 1.54) is 6.42 Å². The van der Waals surface area contributed by atoms with Crippen molar-refractivity contribution in [1.82, 2.24) is 5.32 Å². The van der Waals surface area contributed by atoms with Crippen LogP contribution in [0.1, 0.15) is 48.0 Å². The summed E-state index contributed by atoms with van der Waals surface area (Å²) in [5.74, 6) is 1.54. The summed E-state index contributed by atoms with van der Waals surface area (Å²) in [6, 6.07) is 0. The molecular formula is C12H27N. The van der Waals surface area contributed by atoms with Crippen LogP contribution in [0.4, 0.5) is 0 Å². The molecule has 0 aromatic carbocycles. The monoisotopic (exact) mass is 185 g/mol. The molecule has 0 rings (SSSR count). The molecule has 0 aromatic heterocycles. The maximum atomic E-state index is 3.52. The number of hydrogen-bond donors (Lipinski definition) is 1. The highest BCUT2D eigenvalue weighted by atomic mass is 14.9. The zero-order valence-corrected chi connectivity index (χ0v) is 10.3. The Morgan fingerprint density at radius 1 is 1.15 bits per heavy atom. The molecule has 0 saturated heterocycles. The van der Waals surface area contributed by atoms with E-state index in [2.05, 4.69) is 46.9 Å². The van der Waals surface area contributed by atoms with Gasteiger partial charge in [0.05, 0.1) is 0 Å². The SMILES string of the molecule is CCCNCC(C(C)C)C(C)(C)C. The van der Waals surface area contributed by atoms with E-state index in [-0.39, 0.29) is 0 Å². The van der Waals surface area contributed by atoms with Gasteiger partial charge in [-0.3, -0.25) is 0 Å². The van der Waals surface area contributed by atoms with Gasteiger partial charge in [0, 0.05) is 0 Å². The maximum Gasteiger partial charge on any atom is -0.00131 e. The molecule has 0 bridgehead atoms. The highest BCUT2D eigenvalue weighted by Crippen LogP contribution is 2.31. The third-order valence-corrected chi connectivity index (χ3v) is 2.71. The summed E-state index contributed by atoms with van der Waals surface area (Å²) < 4.78 is 0. The van der Waals surface area contributed by atoms with Crippen molar-refractivity contribution in [2.75, 3.05) is 13.1 Å². The van der Waals surface area contributed by atoms with Crippen molar-refractivity contribution >= 4 is 0 Å². The maximum absolute atomic E-state index is 3.52. The summed E-state index contributed by atoms with van der Waals surface area (Å²) in [7, 11) is 0. The molecule has 0 fully saturated rings. The number of hydrogen-bond acceptors (Lipinski definition) is 1. The first-order chi connectivity index (χ1) is 5.89. The molecule has 0 amide bonds. The van der Waals surface area contributed by atoms with Gasteiger partial charge in [-0.05, 0) is 36.8 Å². The average molecular weight is 185 g/mol. The van der Waals surface area contributed by atoms with E-state index in [1.54, 1.807) is 0 Å². The summed E-state index contributed by atoms with van der Waals surface area (Å²) in [6.45, 7) is 16.2. The van der Waals surface area contributed by atoms with Crippen molar-refractivity contribution in [2.24, 2.45) is 17.3 Å². The van der Waals surface area contributed by atoms with Gasteiger partial charge >= 0.3 is 0 Å². The van der Waals surface area contributed by atoms with Crippen molar-refractivity contribution in [3.8, 4) is 0 Å². The van der Waals surface area contributed by atoms with Crippen LogP contribution in [-0.2, 0) is 0 Å². The van der Waals surface area contributed by atoms with Crippen LogP contribution in [0.5, 0.6) is 0 Å². The lowest BCUT2D eigenvalue weighted by Crippen LogP contribution is -2.35. The van der Waals surface area contributed by atoms with E-state index >= 15 is 0 Å². The molecule has 0 aliphatic carbocycles. The van der Waals surface area contributed by atoms with Crippen LogP contribution < -0.4 is 5.32 Å². The quantitative estimate of drug-likeness (QED) is 0.648. The van der Waals surface area contributed by atoms with Crippen LogP contribution in [0.3, 0.4) is 0 Å². The minimum absolute atomic E-state index is 0.426. The molecule has 1 atom stereocenters. The van der Waals surface area contributed by atoms with Crippen molar-refractivity contribution in [3.05, 3.63) is 0 Å². The van der Waals surface area contributed by atoms with Crippen LogP contribution in [0, 0.1) is 17.3 Å². The first kappa shape index (κ1) is 13.0. The Morgan fingerprint density at radius 2 is 1.69 bits per heavy atom. The van der Waals surface area contributed by atoms with Crippen molar-refractivity contribution in [3.63, 3.8) is 0 Å². The highest BCUT2D eigenvalue weighted by molar-refractivity contribution is 4.78. The summed E-state index contributed by atoms with van der Waals surface area (Å²) in [5.41, 5.74) is 0.426. The van der Waals surface area contributed by atoms with Crippen molar-refractivity contribution < 1.29 is 0 Å². The van der Waals surface area contributed by atoms with Crippen LogP contribution >= 0.6 is 0 Å². The van der Waals surface area contributed by atoms with Crippen molar-refractivity contribution in [2.45, 2.75) is 48.0 Å². The van der Waals surface area contributed by atoms with Gasteiger partial charge in [-0.2, -0.15) is 0 Å². The van der Waals surface area contributed by atoms with E-state index in [4.69, 9.17) is 0 Å². The number of nitrogens with one attached hydrogen (secondary N) is 1. The lowest BCUT2D eigenvalue weighted by molar-refractivity contribution is 0.174. The predicted octanol–water partition coefficient (Wildman–Crippen LogP) is 3.30. The highest BCUT2D eigenvalue weighted by Gasteiger charge is 2.26. The molecule has 0 heterocycles. The normalized spacial score (nSPS) is 15.0. The van der Waals surface area contributed by atoms with Crippen LogP contribution in [0.2, 0.25) is 0 Å². The minimum atomic E-state index is 0.426. The second-order valence-corrected chi connectivity index (χ2v) is 5.42. The largest absolute Gasteiger partial charge is 0.316 e. The van der Waals surface area contributed by atoms with E-state index in [1.807, 2.05) is 0 Å². The molecule has 0 saturated carbocycles. The second-order valence-electron chi connectivity index (χ2n) is 5.42. The van der Waals surface area contributed by atoms with Gasteiger partial charge in [-0.15, -0.1) is 0 Å². The van der Waals surface area contributed by atoms with Gasteiger partial charge in [0.15, 0.2) is 0 Å². The Kier molecular flexibility index (Phi) is 5.62. The Balaban J connectivity index is 3.97. The van der Waals surface area contributed by atoms with Gasteiger partial charge in [0.2, 0.25) is 0 Å². The Bertz CT molecular complexity index is 122. The Morgan fingerprint density at radius 3 is 2.00 bits per heavy atom. The molecule has 0 spiro atoms. The molecule has 1 nitrogen and oxygen atoms in total. The van der Waals surface area contributed by atoms with E-state index in [0.29, 0.717) is 5.41 Å². The van der Waals surface area contributed by atoms with Crippen LogP contribution in [0.25, 0.3) is 0 Å². The third kappa shape index (κ3) is 5.30. The fourth-order valence-corrected chi connectivity index (χ4v) is 1.98. The lowest BCUT2D eigenvalue weighted by Gasteiger charge is -2.34. The van der Waals surface area contributed by atoms with Gasteiger partial charge in [0.25, 0.3) is 0 Å². The summed E-state index contributed by atoms with van der Waals surface area (Å²) in [5, 5.41) is 3.52. The average Bonchev–Trinajstić information content (AvgIpc) is 1.94. The van der Waals surface area contributed by atoms with Crippen molar-refractivity contribution in [1.29, 1.82) is 0 Å². The molecule has 80 valence electrons. The molecule has 0 aliphatic heterocycles. The molecule has 0 aliphatic rings. The zero-order chi connectivity index (χ0) is 10.5. The molecular weight excluding hydrogens is 158 g/mol. The van der Waals surface area contributed by atoms with E-state index in [9.17, 15) is 0 Å². The predicted molar refractivity (Wildman–Crippen MR) is 60.9 cm³/mol. The lowest BCUT2D eigenvalue weighted by atomic mass is 9.74. The molecule has 0 aromatic rings. The molecule has 0 radical (unpaired) electrons. The summed E-state index contributed by atoms with van der Waals surface area (Å²) in [4.78, 5) is 0. The molecule has 1 unspecified atom stereocenters. The Labute approximate surface area is 84.3 Å². The second kappa shape index (κ2) is 5.64. The molecule has 1 heteroatoms. The van der Waals surface area contributed by atoms with E-state index in [0.717, 1.165) is 24.9 Å². The first-order valence-corrected chi connectivity index (χ1v) is 5.60. The Hall–Kier alpha value is -0.0400.